The lowest BCUT2D eigenvalue weighted by atomic mass is 9.97. The molecule has 4 heteroatoms. The van der Waals surface area contributed by atoms with Gasteiger partial charge in [-0.2, -0.15) is 5.26 Å². The molecule has 1 atom stereocenters. The zero-order valence-electron chi connectivity index (χ0n) is 12.9. The van der Waals surface area contributed by atoms with E-state index in [2.05, 4.69) is 26.6 Å². The fraction of sp³-hybridized carbons (Fsp3) is 0.444. The second-order valence-electron chi connectivity index (χ2n) is 5.98. The van der Waals surface area contributed by atoms with Crippen LogP contribution in [-0.4, -0.2) is 27.0 Å². The normalized spacial score (nSPS) is 19.0. The number of hydrogen-bond donors (Lipinski definition) is 0. The highest BCUT2D eigenvalue weighted by Crippen LogP contribution is 2.23. The van der Waals surface area contributed by atoms with Gasteiger partial charge >= 0.3 is 0 Å². The Hall–Kier alpha value is -2.12. The van der Waals surface area contributed by atoms with Crippen molar-refractivity contribution in [3.8, 4) is 6.07 Å². The largest absolute Gasteiger partial charge is 0.337 e. The van der Waals surface area contributed by atoms with Gasteiger partial charge in [0.1, 0.15) is 0 Å². The topological polar surface area (TPSA) is 44.9 Å². The van der Waals surface area contributed by atoms with Gasteiger partial charge in [-0.05, 0) is 37.4 Å². The fourth-order valence-electron chi connectivity index (χ4n) is 3.30. The molecule has 2 heterocycles. The van der Waals surface area contributed by atoms with Crippen molar-refractivity contribution in [2.75, 3.05) is 6.54 Å². The van der Waals surface area contributed by atoms with Gasteiger partial charge in [0.2, 0.25) is 0 Å². The van der Waals surface area contributed by atoms with E-state index in [4.69, 9.17) is 0 Å². The van der Waals surface area contributed by atoms with Crippen LogP contribution in [0.3, 0.4) is 0 Å². The van der Waals surface area contributed by atoms with Crippen LogP contribution in [0.2, 0.25) is 0 Å². The molecule has 22 heavy (non-hydrogen) atoms. The highest BCUT2D eigenvalue weighted by Gasteiger charge is 2.22. The number of nitriles is 1. The van der Waals surface area contributed by atoms with E-state index in [-0.39, 0.29) is 0 Å². The zero-order chi connectivity index (χ0) is 15.2. The number of rotatable bonds is 5. The molecule has 4 nitrogen and oxygen atoms in total. The van der Waals surface area contributed by atoms with E-state index in [0.717, 1.165) is 37.2 Å². The van der Waals surface area contributed by atoms with Crippen LogP contribution in [0.1, 0.15) is 36.8 Å². The van der Waals surface area contributed by atoms with E-state index in [1.807, 2.05) is 36.9 Å². The van der Waals surface area contributed by atoms with Gasteiger partial charge in [0.15, 0.2) is 0 Å². The van der Waals surface area contributed by atoms with Gasteiger partial charge in [0, 0.05) is 31.5 Å². The quantitative estimate of drug-likeness (QED) is 0.850. The lowest BCUT2D eigenvalue weighted by molar-refractivity contribution is 0.128. The van der Waals surface area contributed by atoms with Gasteiger partial charge in [0.05, 0.1) is 18.0 Å². The maximum atomic E-state index is 9.26. The Kier molecular flexibility index (Phi) is 4.87. The standard InChI is InChI=1S/C18H22N4/c19-13-16-5-1-2-6-17(16)14-22-10-4-3-7-18(22)8-11-21-12-9-20-15-21/h1-2,5-6,9,12,15,18H,3-4,7-8,10-11,14H2. The van der Waals surface area contributed by atoms with Crippen LogP contribution in [0.15, 0.2) is 43.0 Å². The molecule has 0 radical (unpaired) electrons. The van der Waals surface area contributed by atoms with Crippen molar-refractivity contribution in [2.45, 2.75) is 44.8 Å². The lowest BCUT2D eigenvalue weighted by Gasteiger charge is -2.36. The minimum atomic E-state index is 0.600. The predicted octanol–water partition coefficient (Wildman–Crippen LogP) is 3.20. The fourth-order valence-corrected chi connectivity index (χ4v) is 3.30. The van der Waals surface area contributed by atoms with Crippen LogP contribution in [0.25, 0.3) is 0 Å². The summed E-state index contributed by atoms with van der Waals surface area (Å²) in [4.78, 5) is 6.66. The van der Waals surface area contributed by atoms with Gasteiger partial charge < -0.3 is 4.57 Å². The first kappa shape index (κ1) is 14.8. The first-order valence-electron chi connectivity index (χ1n) is 8.04. The highest BCUT2D eigenvalue weighted by atomic mass is 15.2. The first-order valence-corrected chi connectivity index (χ1v) is 8.04. The molecule has 0 bridgehead atoms. The monoisotopic (exact) mass is 294 g/mol. The van der Waals surface area contributed by atoms with Gasteiger partial charge in [-0.3, -0.25) is 4.90 Å². The molecule has 1 unspecified atom stereocenters. The van der Waals surface area contributed by atoms with Crippen LogP contribution in [0.4, 0.5) is 0 Å². The van der Waals surface area contributed by atoms with Crippen molar-refractivity contribution in [3.63, 3.8) is 0 Å². The summed E-state index contributed by atoms with van der Waals surface area (Å²) in [7, 11) is 0. The average molecular weight is 294 g/mol. The van der Waals surface area contributed by atoms with Crippen molar-refractivity contribution in [1.29, 1.82) is 5.26 Å². The number of aromatic nitrogens is 2. The molecule has 1 aromatic carbocycles. The molecule has 1 saturated heterocycles. The molecule has 0 aliphatic carbocycles. The van der Waals surface area contributed by atoms with Crippen LogP contribution in [0, 0.1) is 11.3 Å². The minimum absolute atomic E-state index is 0.600. The Morgan fingerprint density at radius 2 is 2.18 bits per heavy atom. The van der Waals surface area contributed by atoms with E-state index in [1.54, 1.807) is 0 Å². The summed E-state index contributed by atoms with van der Waals surface area (Å²) < 4.78 is 2.15. The van der Waals surface area contributed by atoms with Crippen LogP contribution in [-0.2, 0) is 13.1 Å². The molecule has 2 aromatic rings. The second-order valence-corrected chi connectivity index (χ2v) is 5.98. The van der Waals surface area contributed by atoms with Gasteiger partial charge in [-0.15, -0.1) is 0 Å². The molecular formula is C18H22N4. The van der Waals surface area contributed by atoms with E-state index < -0.39 is 0 Å². The van der Waals surface area contributed by atoms with Crippen LogP contribution in [0.5, 0.6) is 0 Å². The summed E-state index contributed by atoms with van der Waals surface area (Å²) >= 11 is 0. The van der Waals surface area contributed by atoms with E-state index in [9.17, 15) is 5.26 Å². The van der Waals surface area contributed by atoms with Crippen LogP contribution < -0.4 is 0 Å². The number of imidazole rings is 1. The van der Waals surface area contributed by atoms with Gasteiger partial charge in [-0.25, -0.2) is 4.98 Å². The van der Waals surface area contributed by atoms with Gasteiger partial charge in [-0.1, -0.05) is 24.6 Å². The third-order valence-corrected chi connectivity index (χ3v) is 4.54. The van der Waals surface area contributed by atoms with Crippen molar-refractivity contribution in [1.82, 2.24) is 14.5 Å². The number of nitrogens with zero attached hydrogens (tertiary/aromatic N) is 4. The zero-order valence-corrected chi connectivity index (χ0v) is 12.9. The summed E-state index contributed by atoms with van der Waals surface area (Å²) in [6.07, 6.45) is 10.7. The Bertz CT molecular complexity index is 627. The van der Waals surface area contributed by atoms with Crippen molar-refractivity contribution < 1.29 is 0 Å². The van der Waals surface area contributed by atoms with E-state index in [0.29, 0.717) is 6.04 Å². The molecule has 1 aliphatic heterocycles. The third kappa shape index (κ3) is 3.55. The predicted molar refractivity (Wildman–Crippen MR) is 86.1 cm³/mol. The maximum absolute atomic E-state index is 9.26. The first-order chi connectivity index (χ1) is 10.9. The number of piperidine rings is 1. The molecule has 0 spiro atoms. The van der Waals surface area contributed by atoms with Crippen LogP contribution >= 0.6 is 0 Å². The maximum Gasteiger partial charge on any atom is 0.0995 e. The van der Waals surface area contributed by atoms with Gasteiger partial charge in [0.25, 0.3) is 0 Å². The number of hydrogen-bond acceptors (Lipinski definition) is 3. The lowest BCUT2D eigenvalue weighted by Crippen LogP contribution is -2.39. The molecule has 0 amide bonds. The smallest absolute Gasteiger partial charge is 0.0995 e. The van der Waals surface area contributed by atoms with E-state index >= 15 is 0 Å². The molecule has 1 aliphatic rings. The van der Waals surface area contributed by atoms with Crippen molar-refractivity contribution in [2.24, 2.45) is 0 Å². The van der Waals surface area contributed by atoms with Crippen molar-refractivity contribution >= 4 is 0 Å². The molecule has 3 rings (SSSR count). The average Bonchev–Trinajstić information content (AvgIpc) is 3.08. The number of benzene rings is 1. The molecule has 0 saturated carbocycles. The second kappa shape index (κ2) is 7.24. The number of likely N-dealkylation sites (tertiary alicyclic amines) is 1. The van der Waals surface area contributed by atoms with E-state index in [1.165, 1.54) is 19.3 Å². The Morgan fingerprint density at radius 1 is 1.27 bits per heavy atom. The third-order valence-electron chi connectivity index (χ3n) is 4.54. The minimum Gasteiger partial charge on any atom is -0.337 e. The molecule has 114 valence electrons. The Labute approximate surface area is 132 Å². The SMILES string of the molecule is N#Cc1ccccc1CN1CCCCC1CCn1ccnc1. The molecular weight excluding hydrogens is 272 g/mol. The highest BCUT2D eigenvalue weighted by molar-refractivity contribution is 5.37. The Balaban J connectivity index is 1.66. The number of aryl methyl sites for hydroxylation is 1. The summed E-state index contributed by atoms with van der Waals surface area (Å²) in [6.45, 7) is 3.04. The summed E-state index contributed by atoms with van der Waals surface area (Å²) in [5.74, 6) is 0. The molecule has 1 fully saturated rings. The molecule has 1 aromatic heterocycles. The summed E-state index contributed by atoms with van der Waals surface area (Å²) in [5, 5.41) is 9.26. The summed E-state index contributed by atoms with van der Waals surface area (Å²) in [5.41, 5.74) is 1.96. The van der Waals surface area contributed by atoms with Crippen molar-refractivity contribution in [3.05, 3.63) is 54.1 Å². The summed E-state index contributed by atoms with van der Waals surface area (Å²) in [6, 6.07) is 10.9. The Morgan fingerprint density at radius 3 is 3.00 bits per heavy atom. The molecule has 0 N–H and O–H groups in total.